The highest BCUT2D eigenvalue weighted by atomic mass is 35.5. The van der Waals surface area contributed by atoms with Crippen molar-refractivity contribution in [1.29, 1.82) is 0 Å². The predicted molar refractivity (Wildman–Crippen MR) is 134 cm³/mol. The molecular weight excluding hydrogens is 480 g/mol. The van der Waals surface area contributed by atoms with Crippen LogP contribution in [0.25, 0.3) is 0 Å². The molecule has 0 unspecified atom stereocenters. The molecule has 3 amide bonds. The van der Waals surface area contributed by atoms with Crippen molar-refractivity contribution in [3.63, 3.8) is 0 Å². The Balaban J connectivity index is 1.81. The van der Waals surface area contributed by atoms with Gasteiger partial charge in [0.25, 0.3) is 5.91 Å². The summed E-state index contributed by atoms with van der Waals surface area (Å²) >= 11 is 11.8. The minimum absolute atomic E-state index is 0.133. The molecule has 1 fully saturated rings. The number of carbonyl (C=O) groups is 3. The third-order valence-corrected chi connectivity index (χ3v) is 5.90. The fourth-order valence-corrected chi connectivity index (χ4v) is 4.20. The van der Waals surface area contributed by atoms with Crippen LogP contribution in [0.4, 0.5) is 11.4 Å². The molecule has 0 bridgehead atoms. The van der Waals surface area contributed by atoms with Crippen LogP contribution in [0.5, 0.6) is 11.5 Å². The van der Waals surface area contributed by atoms with Gasteiger partial charge in [-0.3, -0.25) is 19.3 Å². The summed E-state index contributed by atoms with van der Waals surface area (Å²) in [6, 6.07) is 10.9. The van der Waals surface area contributed by atoms with E-state index in [0.29, 0.717) is 27.9 Å². The zero-order valence-corrected chi connectivity index (χ0v) is 20.5. The fraction of sp³-hybridized carbons (Fsp3) is 0.304. The predicted octanol–water partition coefficient (Wildman–Crippen LogP) is 2.82. The molecule has 2 aromatic rings. The number of nitrogens with zero attached hydrogens (tertiary/aromatic N) is 2. The summed E-state index contributed by atoms with van der Waals surface area (Å²) in [7, 11) is 3.05. The van der Waals surface area contributed by atoms with Gasteiger partial charge in [-0.25, -0.2) is 0 Å². The fourth-order valence-electron chi connectivity index (χ4n) is 3.53. The maximum absolute atomic E-state index is 13.4. The van der Waals surface area contributed by atoms with Crippen LogP contribution in [0.3, 0.4) is 0 Å². The van der Waals surface area contributed by atoms with Gasteiger partial charge in [-0.05, 0) is 54.7 Å². The number of rotatable bonds is 9. The van der Waals surface area contributed by atoms with Crippen molar-refractivity contribution in [3.05, 3.63) is 47.5 Å². The van der Waals surface area contributed by atoms with E-state index in [-0.39, 0.29) is 42.3 Å². The molecular formula is C23H25ClN4O5S. The Kier molecular flexibility index (Phi) is 8.30. The first kappa shape index (κ1) is 25.3. The molecule has 1 heterocycles. The van der Waals surface area contributed by atoms with Crippen molar-refractivity contribution in [2.24, 2.45) is 0 Å². The topological polar surface area (TPSA) is 100 Å². The Bertz CT molecular complexity index is 1100. The van der Waals surface area contributed by atoms with E-state index in [0.717, 1.165) is 0 Å². The first-order valence-corrected chi connectivity index (χ1v) is 11.2. The molecule has 180 valence electrons. The second kappa shape index (κ2) is 11.2. The number of thiocarbonyl (C=S) groups is 1. The molecule has 2 N–H and O–H groups in total. The van der Waals surface area contributed by atoms with Gasteiger partial charge in [0, 0.05) is 25.7 Å². The van der Waals surface area contributed by atoms with Crippen molar-refractivity contribution in [2.45, 2.75) is 19.4 Å². The second-order valence-corrected chi connectivity index (χ2v) is 8.22. The molecule has 34 heavy (non-hydrogen) atoms. The van der Waals surface area contributed by atoms with E-state index >= 15 is 0 Å². The first-order chi connectivity index (χ1) is 16.2. The van der Waals surface area contributed by atoms with Crippen molar-refractivity contribution >= 4 is 58.0 Å². The molecule has 11 heteroatoms. The number of ether oxygens (including phenoxy) is 2. The lowest BCUT2D eigenvalue weighted by atomic mass is 10.1. The number of benzene rings is 2. The summed E-state index contributed by atoms with van der Waals surface area (Å²) < 4.78 is 10.3. The van der Waals surface area contributed by atoms with Gasteiger partial charge in [0.15, 0.2) is 5.11 Å². The van der Waals surface area contributed by atoms with E-state index in [1.54, 1.807) is 54.5 Å². The summed E-state index contributed by atoms with van der Waals surface area (Å²) in [4.78, 5) is 40.5. The van der Waals surface area contributed by atoms with Crippen LogP contribution in [-0.4, -0.2) is 61.1 Å². The van der Waals surface area contributed by atoms with Crippen LogP contribution in [0, 0.1) is 0 Å². The van der Waals surface area contributed by atoms with Gasteiger partial charge >= 0.3 is 0 Å². The Morgan fingerprint density at radius 1 is 1.12 bits per heavy atom. The minimum Gasteiger partial charge on any atom is -0.497 e. The van der Waals surface area contributed by atoms with Crippen LogP contribution >= 0.6 is 23.8 Å². The molecule has 0 saturated carbocycles. The number of methoxy groups -OCH3 is 2. The number of amides is 3. The molecule has 3 rings (SSSR count). The second-order valence-electron chi connectivity index (χ2n) is 7.45. The lowest BCUT2D eigenvalue weighted by Gasteiger charge is -2.24. The Labute approximate surface area is 207 Å². The minimum atomic E-state index is -0.847. The van der Waals surface area contributed by atoms with Gasteiger partial charge in [-0.2, -0.15) is 0 Å². The standard InChI is InChI=1S/C23H25ClN4O5S/c1-14(29)25-10-11-27-19(13-21(30)26-15-4-7-17(32-2)8-5-15)22(31)28(23(27)34)16-6-9-20(33-3)18(24)12-16/h4-9,12,19H,10-11,13H2,1-3H3,(H,25,29)(H,26,30)/t19-/m0/s1. The smallest absolute Gasteiger partial charge is 0.256 e. The first-order valence-electron chi connectivity index (χ1n) is 10.4. The van der Waals surface area contributed by atoms with Crippen molar-refractivity contribution in [1.82, 2.24) is 10.2 Å². The Morgan fingerprint density at radius 3 is 2.41 bits per heavy atom. The molecule has 1 saturated heterocycles. The molecule has 0 aromatic heterocycles. The van der Waals surface area contributed by atoms with Crippen LogP contribution in [-0.2, 0) is 14.4 Å². The van der Waals surface area contributed by atoms with Gasteiger partial charge < -0.3 is 25.0 Å². The highest BCUT2D eigenvalue weighted by Gasteiger charge is 2.44. The quantitative estimate of drug-likeness (QED) is 0.506. The van der Waals surface area contributed by atoms with Crippen molar-refractivity contribution < 1.29 is 23.9 Å². The van der Waals surface area contributed by atoms with E-state index in [4.69, 9.17) is 33.3 Å². The van der Waals surface area contributed by atoms with E-state index < -0.39 is 6.04 Å². The number of hydrogen-bond acceptors (Lipinski definition) is 6. The average molecular weight is 505 g/mol. The molecule has 2 aromatic carbocycles. The lowest BCUT2D eigenvalue weighted by molar-refractivity contribution is -0.124. The van der Waals surface area contributed by atoms with Crippen molar-refractivity contribution in [2.75, 3.05) is 37.5 Å². The number of hydrogen-bond donors (Lipinski definition) is 2. The molecule has 0 spiro atoms. The molecule has 1 atom stereocenters. The van der Waals surface area contributed by atoms with Crippen LogP contribution in [0.1, 0.15) is 13.3 Å². The SMILES string of the molecule is COc1ccc(NC(=O)C[C@H]2C(=O)N(c3ccc(OC)c(Cl)c3)C(=S)N2CCNC(C)=O)cc1. The average Bonchev–Trinajstić information content (AvgIpc) is 3.03. The highest BCUT2D eigenvalue weighted by Crippen LogP contribution is 2.33. The summed E-state index contributed by atoms with van der Waals surface area (Å²) in [5, 5.41) is 6.02. The number of halogens is 1. The Hall–Kier alpha value is -3.37. The summed E-state index contributed by atoms with van der Waals surface area (Å²) in [5.74, 6) is 0.196. The third-order valence-electron chi connectivity index (χ3n) is 5.19. The van der Waals surface area contributed by atoms with E-state index in [1.165, 1.54) is 18.9 Å². The largest absolute Gasteiger partial charge is 0.497 e. The molecule has 0 radical (unpaired) electrons. The molecule has 9 nitrogen and oxygen atoms in total. The molecule has 1 aliphatic heterocycles. The normalized spacial score (nSPS) is 15.4. The molecule has 1 aliphatic rings. The summed E-state index contributed by atoms with van der Waals surface area (Å²) in [6.07, 6.45) is -0.133. The summed E-state index contributed by atoms with van der Waals surface area (Å²) in [5.41, 5.74) is 1.03. The van der Waals surface area contributed by atoms with Gasteiger partial charge in [-0.15, -0.1) is 0 Å². The van der Waals surface area contributed by atoms with Crippen LogP contribution in [0.2, 0.25) is 5.02 Å². The van der Waals surface area contributed by atoms with Crippen LogP contribution in [0.15, 0.2) is 42.5 Å². The number of carbonyl (C=O) groups excluding carboxylic acids is 3. The highest BCUT2D eigenvalue weighted by molar-refractivity contribution is 7.80. The maximum atomic E-state index is 13.4. The monoisotopic (exact) mass is 504 g/mol. The van der Waals surface area contributed by atoms with E-state index in [1.807, 2.05) is 0 Å². The van der Waals surface area contributed by atoms with Crippen LogP contribution < -0.4 is 25.0 Å². The third kappa shape index (κ3) is 5.75. The number of anilines is 2. The van der Waals surface area contributed by atoms with Crippen molar-refractivity contribution in [3.8, 4) is 11.5 Å². The van der Waals surface area contributed by atoms with E-state index in [2.05, 4.69) is 10.6 Å². The van der Waals surface area contributed by atoms with Gasteiger partial charge in [-0.1, -0.05) is 11.6 Å². The molecule has 0 aliphatic carbocycles. The van der Waals surface area contributed by atoms with Gasteiger partial charge in [0.05, 0.1) is 31.4 Å². The zero-order chi connectivity index (χ0) is 24.8. The summed E-state index contributed by atoms with van der Waals surface area (Å²) in [6.45, 7) is 1.92. The van der Waals surface area contributed by atoms with E-state index in [9.17, 15) is 14.4 Å². The van der Waals surface area contributed by atoms with Gasteiger partial charge in [0.1, 0.15) is 17.5 Å². The zero-order valence-electron chi connectivity index (χ0n) is 19.0. The van der Waals surface area contributed by atoms with Gasteiger partial charge in [0.2, 0.25) is 11.8 Å². The lowest BCUT2D eigenvalue weighted by Crippen LogP contribution is -2.42. The number of nitrogens with one attached hydrogen (secondary N) is 2. The maximum Gasteiger partial charge on any atom is 0.256 e. The Morgan fingerprint density at radius 2 is 1.82 bits per heavy atom.